The number of fused-ring (bicyclic) bond motifs is 1. The molecule has 0 amide bonds. The molecule has 1 unspecified atom stereocenters. The number of piperazine rings is 1. The van der Waals surface area contributed by atoms with E-state index in [2.05, 4.69) is 15.4 Å². The second kappa shape index (κ2) is 2.75. The Bertz CT molecular complexity index is 324. The molecule has 0 aliphatic carbocycles. The van der Waals surface area contributed by atoms with Crippen LogP contribution in [0.4, 0.5) is 13.2 Å². The fraction of sp³-hybridized carbons (Fsp3) is 0.667. The van der Waals surface area contributed by atoms with E-state index in [1.807, 2.05) is 0 Å². The monoisotopic (exact) mass is 208 g/mol. The highest BCUT2D eigenvalue weighted by Gasteiger charge is 2.46. The number of nitrogens with one attached hydrogen (secondary N) is 1. The molecule has 1 fully saturated rings. The minimum absolute atomic E-state index is 0.0432. The van der Waals surface area contributed by atoms with Gasteiger partial charge < -0.3 is 10.5 Å². The molecule has 5 nitrogen and oxygen atoms in total. The summed E-state index contributed by atoms with van der Waals surface area (Å²) in [6, 6.07) is 0. The smallest absolute Gasteiger partial charge is 0.457 e. The molecule has 0 saturated carbocycles. The maximum absolute atomic E-state index is 12.2. The molecule has 1 saturated heterocycles. The predicted molar refractivity (Wildman–Crippen MR) is 42.3 cm³/mol. The molecule has 0 aromatic heterocycles. The largest absolute Gasteiger partial charge is 0.598 e. The molecule has 2 heterocycles. The second-order valence-corrected chi connectivity index (χ2v) is 3.05. The standard InChI is InChI=1S/C6H7F3N4O/c7-6(8,9)5-11-4-3-10-1-2-13(4,14)12-5/h10H,1-3H2. The Kier molecular flexibility index (Phi) is 1.88. The van der Waals surface area contributed by atoms with Gasteiger partial charge in [0.05, 0.1) is 6.54 Å². The average molecular weight is 208 g/mol. The molecule has 0 bridgehead atoms. The molecular formula is C6H7F3N4O. The summed E-state index contributed by atoms with van der Waals surface area (Å²) in [6.07, 6.45) is -4.64. The van der Waals surface area contributed by atoms with E-state index in [0.29, 0.717) is 6.54 Å². The first-order valence-electron chi connectivity index (χ1n) is 3.97. The van der Waals surface area contributed by atoms with E-state index in [0.717, 1.165) is 0 Å². The zero-order valence-electron chi connectivity index (χ0n) is 7.01. The Labute approximate surface area is 77.1 Å². The van der Waals surface area contributed by atoms with Gasteiger partial charge in [-0.3, -0.25) is 0 Å². The normalized spacial score (nSPS) is 32.3. The van der Waals surface area contributed by atoms with Crippen molar-refractivity contribution in [3.05, 3.63) is 5.21 Å². The van der Waals surface area contributed by atoms with Crippen LogP contribution in [0, 0.1) is 5.21 Å². The molecule has 1 N–H and O–H groups in total. The molecule has 0 spiro atoms. The number of quaternary nitrogens is 1. The highest BCUT2D eigenvalue weighted by Crippen LogP contribution is 2.26. The van der Waals surface area contributed by atoms with Gasteiger partial charge in [0.25, 0.3) is 5.84 Å². The van der Waals surface area contributed by atoms with Crippen molar-refractivity contribution < 1.29 is 17.9 Å². The first-order valence-corrected chi connectivity index (χ1v) is 3.97. The van der Waals surface area contributed by atoms with Gasteiger partial charge in [0.1, 0.15) is 6.54 Å². The number of alkyl halides is 3. The van der Waals surface area contributed by atoms with Crippen molar-refractivity contribution >= 4 is 11.7 Å². The Hall–Kier alpha value is -0.990. The average Bonchev–Trinajstić information content (AvgIpc) is 2.40. The summed E-state index contributed by atoms with van der Waals surface area (Å²) in [5, 5.41) is 17.4. The Morgan fingerprint density at radius 3 is 2.71 bits per heavy atom. The van der Waals surface area contributed by atoms with Crippen LogP contribution < -0.4 is 5.32 Å². The lowest BCUT2D eigenvalue weighted by Gasteiger charge is -2.35. The van der Waals surface area contributed by atoms with Gasteiger partial charge in [0, 0.05) is 6.54 Å². The van der Waals surface area contributed by atoms with Crippen molar-refractivity contribution in [2.75, 3.05) is 19.6 Å². The van der Waals surface area contributed by atoms with Crippen LogP contribution >= 0.6 is 0 Å². The predicted octanol–water partition coefficient (Wildman–Crippen LogP) is 0.192. The number of nitrogens with zero attached hydrogens (tertiary/aromatic N) is 3. The van der Waals surface area contributed by atoms with Crippen molar-refractivity contribution in [2.24, 2.45) is 10.1 Å². The summed E-state index contributed by atoms with van der Waals surface area (Å²) in [5.74, 6) is -1.45. The van der Waals surface area contributed by atoms with Crippen LogP contribution in [0.15, 0.2) is 10.1 Å². The van der Waals surface area contributed by atoms with Gasteiger partial charge in [-0.15, -0.1) is 0 Å². The van der Waals surface area contributed by atoms with Crippen LogP contribution in [-0.2, 0) is 0 Å². The summed E-state index contributed by atoms with van der Waals surface area (Å²) < 4.78 is 35.2. The second-order valence-electron chi connectivity index (χ2n) is 3.05. The van der Waals surface area contributed by atoms with Crippen molar-refractivity contribution in [3.63, 3.8) is 0 Å². The summed E-state index contributed by atoms with van der Waals surface area (Å²) in [5.41, 5.74) is 0. The first kappa shape index (κ1) is 9.56. The van der Waals surface area contributed by atoms with Crippen LogP contribution in [0.3, 0.4) is 0 Å². The van der Waals surface area contributed by atoms with Crippen LogP contribution in [0.5, 0.6) is 0 Å². The van der Waals surface area contributed by atoms with Gasteiger partial charge in [-0.2, -0.15) is 22.9 Å². The third-order valence-corrected chi connectivity index (χ3v) is 2.02. The van der Waals surface area contributed by atoms with Gasteiger partial charge in [-0.05, 0) is 5.10 Å². The molecule has 2 rings (SSSR count). The summed E-state index contributed by atoms with van der Waals surface area (Å²) in [7, 11) is 0. The lowest BCUT2D eigenvalue weighted by molar-refractivity contribution is -0.796. The summed E-state index contributed by atoms with van der Waals surface area (Å²) >= 11 is 0. The lowest BCUT2D eigenvalue weighted by atomic mass is 10.4. The van der Waals surface area contributed by atoms with Crippen LogP contribution in [-0.4, -0.2) is 42.2 Å². The van der Waals surface area contributed by atoms with Crippen molar-refractivity contribution in [2.45, 2.75) is 6.18 Å². The van der Waals surface area contributed by atoms with E-state index in [9.17, 15) is 18.4 Å². The topological polar surface area (TPSA) is 59.8 Å². The Morgan fingerprint density at radius 1 is 1.43 bits per heavy atom. The highest BCUT2D eigenvalue weighted by atomic mass is 19.4. The SMILES string of the molecule is [O-][N+]12CCNCC1=NC(C(F)(F)F)=N2. The van der Waals surface area contributed by atoms with Gasteiger partial charge in [-0.1, -0.05) is 0 Å². The third kappa shape index (κ3) is 1.41. The van der Waals surface area contributed by atoms with Crippen LogP contribution in [0.25, 0.3) is 0 Å². The minimum Gasteiger partial charge on any atom is -0.598 e. The van der Waals surface area contributed by atoms with Crippen molar-refractivity contribution in [3.8, 4) is 0 Å². The van der Waals surface area contributed by atoms with Crippen LogP contribution in [0.2, 0.25) is 0 Å². The van der Waals surface area contributed by atoms with Crippen molar-refractivity contribution in [1.82, 2.24) is 5.32 Å². The fourth-order valence-corrected chi connectivity index (χ4v) is 1.33. The number of amidine groups is 2. The number of hydrogen-bond donors (Lipinski definition) is 1. The van der Waals surface area contributed by atoms with Gasteiger partial charge in [0.15, 0.2) is 0 Å². The van der Waals surface area contributed by atoms with Gasteiger partial charge >= 0.3 is 6.18 Å². The molecule has 14 heavy (non-hydrogen) atoms. The highest BCUT2D eigenvalue weighted by molar-refractivity contribution is 6.01. The Morgan fingerprint density at radius 2 is 2.14 bits per heavy atom. The number of halogens is 3. The van der Waals surface area contributed by atoms with Crippen LogP contribution in [0.1, 0.15) is 0 Å². The Balaban J connectivity index is 2.33. The van der Waals surface area contributed by atoms with E-state index in [-0.39, 0.29) is 18.9 Å². The van der Waals surface area contributed by atoms with E-state index < -0.39 is 16.8 Å². The molecule has 2 aliphatic rings. The molecule has 8 heteroatoms. The van der Waals surface area contributed by atoms with E-state index in [4.69, 9.17) is 0 Å². The number of hydroxylamine groups is 2. The fourth-order valence-electron chi connectivity index (χ4n) is 1.33. The molecule has 0 aromatic carbocycles. The number of aliphatic imine (C=N–C) groups is 1. The lowest BCUT2D eigenvalue weighted by Crippen LogP contribution is -2.54. The molecule has 2 aliphatic heterocycles. The van der Waals surface area contributed by atoms with E-state index in [1.165, 1.54) is 0 Å². The third-order valence-electron chi connectivity index (χ3n) is 2.02. The van der Waals surface area contributed by atoms with E-state index >= 15 is 0 Å². The number of rotatable bonds is 0. The minimum atomic E-state index is -4.64. The summed E-state index contributed by atoms with van der Waals surface area (Å²) in [6.45, 7) is 0.363. The maximum Gasteiger partial charge on any atom is 0.457 e. The molecule has 1 atom stereocenters. The van der Waals surface area contributed by atoms with Crippen molar-refractivity contribution in [1.29, 1.82) is 0 Å². The quantitative estimate of drug-likeness (QED) is 0.456. The van der Waals surface area contributed by atoms with Gasteiger partial charge in [-0.25, -0.2) is 0 Å². The number of hydrogen-bond acceptors (Lipinski definition) is 4. The summed E-state index contributed by atoms with van der Waals surface area (Å²) in [4.78, 5) is 3.19. The maximum atomic E-state index is 12.2. The van der Waals surface area contributed by atoms with E-state index in [1.54, 1.807) is 0 Å². The molecular weight excluding hydrogens is 201 g/mol. The zero-order chi connectivity index (χ0) is 10.4. The zero-order valence-corrected chi connectivity index (χ0v) is 7.01. The molecule has 0 aromatic rings. The molecule has 78 valence electrons. The first-order chi connectivity index (χ1) is 6.42. The van der Waals surface area contributed by atoms with Gasteiger partial charge in [0.2, 0.25) is 5.84 Å². The molecule has 0 radical (unpaired) electrons.